The molecule has 0 amide bonds. The number of rotatable bonds is 3. The molecular weight excluding hydrogens is 182 g/mol. The molecule has 1 saturated carbocycles. The fraction of sp³-hybridized carbons (Fsp3) is 0.643. The lowest BCUT2D eigenvalue weighted by atomic mass is 9.65. The molecule has 0 bridgehead atoms. The Morgan fingerprint density at radius 2 is 2.13 bits per heavy atom. The summed E-state index contributed by atoms with van der Waals surface area (Å²) >= 11 is 0. The molecule has 0 aromatic heterocycles. The van der Waals surface area contributed by atoms with Gasteiger partial charge in [-0.3, -0.25) is 4.99 Å². The second-order valence-electron chi connectivity index (χ2n) is 5.39. The van der Waals surface area contributed by atoms with E-state index in [-0.39, 0.29) is 0 Å². The van der Waals surface area contributed by atoms with Crippen LogP contribution in [-0.2, 0) is 0 Å². The smallest absolute Gasteiger partial charge is 0.0935 e. The summed E-state index contributed by atoms with van der Waals surface area (Å²) in [6, 6.07) is 0.446. The Labute approximate surface area is 92.0 Å². The summed E-state index contributed by atoms with van der Waals surface area (Å²) in [5, 5.41) is 0. The van der Waals surface area contributed by atoms with E-state index in [1.54, 1.807) is 5.57 Å². The summed E-state index contributed by atoms with van der Waals surface area (Å²) < 4.78 is 0. The summed E-state index contributed by atoms with van der Waals surface area (Å²) in [6.07, 6.45) is 7.34. The highest BCUT2D eigenvalue weighted by molar-refractivity contribution is 6.01. The quantitative estimate of drug-likeness (QED) is 0.664. The third-order valence-electron chi connectivity index (χ3n) is 3.99. The largest absolute Gasteiger partial charge is 0.282 e. The Hall–Kier alpha value is -0.850. The Kier molecular flexibility index (Phi) is 1.92. The third-order valence-corrected chi connectivity index (χ3v) is 3.99. The Balaban J connectivity index is 1.66. The summed E-state index contributed by atoms with van der Waals surface area (Å²) in [5.41, 5.74) is 4.59. The van der Waals surface area contributed by atoms with Gasteiger partial charge in [-0.2, -0.15) is 0 Å². The molecule has 1 nitrogen and oxygen atoms in total. The van der Waals surface area contributed by atoms with E-state index in [0.717, 1.165) is 17.8 Å². The van der Waals surface area contributed by atoms with Crippen molar-refractivity contribution in [1.29, 1.82) is 0 Å². The number of nitrogens with zero attached hydrogens (tertiary/aromatic N) is 1. The number of aliphatic imine (C=N–C) groups is 1. The summed E-state index contributed by atoms with van der Waals surface area (Å²) in [5.74, 6) is 2.32. The van der Waals surface area contributed by atoms with Crippen LogP contribution in [0.5, 0.6) is 0 Å². The van der Waals surface area contributed by atoms with Gasteiger partial charge in [-0.15, -0.1) is 0 Å². The minimum atomic E-state index is 0.446. The molecule has 0 saturated heterocycles. The predicted molar refractivity (Wildman–Crippen MR) is 64.1 cm³/mol. The molecule has 0 heterocycles. The maximum absolute atomic E-state index is 4.79. The van der Waals surface area contributed by atoms with Gasteiger partial charge in [0.25, 0.3) is 0 Å². The van der Waals surface area contributed by atoms with Gasteiger partial charge in [0.05, 0.1) is 6.04 Å². The van der Waals surface area contributed by atoms with E-state index in [1.165, 1.54) is 24.1 Å². The third kappa shape index (κ3) is 1.32. The lowest BCUT2D eigenvalue weighted by Crippen LogP contribution is -2.34. The van der Waals surface area contributed by atoms with Crippen molar-refractivity contribution >= 4 is 5.71 Å². The second-order valence-corrected chi connectivity index (χ2v) is 5.39. The van der Waals surface area contributed by atoms with Gasteiger partial charge >= 0.3 is 0 Å². The first-order valence-electron chi connectivity index (χ1n) is 6.21. The van der Waals surface area contributed by atoms with Crippen molar-refractivity contribution in [2.75, 3.05) is 0 Å². The Bertz CT molecular complexity index is 384. The lowest BCUT2D eigenvalue weighted by Gasteiger charge is -2.42. The van der Waals surface area contributed by atoms with Crippen LogP contribution in [0.1, 0.15) is 33.6 Å². The maximum Gasteiger partial charge on any atom is 0.0935 e. The predicted octanol–water partition coefficient (Wildman–Crippen LogP) is 3.38. The van der Waals surface area contributed by atoms with E-state index in [2.05, 4.69) is 32.9 Å². The van der Waals surface area contributed by atoms with Crippen LogP contribution in [0.4, 0.5) is 0 Å². The van der Waals surface area contributed by atoms with E-state index in [9.17, 15) is 0 Å². The van der Waals surface area contributed by atoms with Crippen LogP contribution in [0, 0.1) is 17.8 Å². The molecule has 3 unspecified atom stereocenters. The molecular formula is C14H19N. The van der Waals surface area contributed by atoms with Crippen LogP contribution in [0.2, 0.25) is 0 Å². The van der Waals surface area contributed by atoms with E-state index in [4.69, 9.17) is 4.99 Å². The minimum Gasteiger partial charge on any atom is -0.282 e. The van der Waals surface area contributed by atoms with Crippen molar-refractivity contribution in [3.05, 3.63) is 23.3 Å². The molecule has 0 aromatic carbocycles. The van der Waals surface area contributed by atoms with Gasteiger partial charge in [0.1, 0.15) is 0 Å². The van der Waals surface area contributed by atoms with Crippen molar-refractivity contribution in [1.82, 2.24) is 0 Å². The molecule has 0 N–H and O–H groups in total. The highest BCUT2D eigenvalue weighted by Crippen LogP contribution is 2.48. The average Bonchev–Trinajstić information content (AvgIpc) is 2.91. The maximum atomic E-state index is 4.79. The zero-order valence-electron chi connectivity index (χ0n) is 9.83. The van der Waals surface area contributed by atoms with Gasteiger partial charge in [-0.05, 0) is 29.9 Å². The summed E-state index contributed by atoms with van der Waals surface area (Å²) in [7, 11) is 0. The molecule has 3 aliphatic rings. The normalized spacial score (nSPS) is 39.2. The van der Waals surface area contributed by atoms with Gasteiger partial charge in [-0.25, -0.2) is 0 Å². The topological polar surface area (TPSA) is 12.4 Å². The Morgan fingerprint density at radius 3 is 2.60 bits per heavy atom. The molecule has 0 aromatic rings. The summed E-state index contributed by atoms with van der Waals surface area (Å²) in [4.78, 5) is 4.79. The van der Waals surface area contributed by atoms with Gasteiger partial charge in [0.2, 0.25) is 0 Å². The first-order chi connectivity index (χ1) is 7.20. The molecule has 3 rings (SSSR count). The van der Waals surface area contributed by atoms with Crippen molar-refractivity contribution < 1.29 is 0 Å². The van der Waals surface area contributed by atoms with E-state index in [1.807, 2.05) is 0 Å². The van der Waals surface area contributed by atoms with Crippen molar-refractivity contribution in [3.63, 3.8) is 0 Å². The molecule has 1 fully saturated rings. The lowest BCUT2D eigenvalue weighted by molar-refractivity contribution is 0.475. The fourth-order valence-corrected chi connectivity index (χ4v) is 2.68. The van der Waals surface area contributed by atoms with Crippen LogP contribution in [0.3, 0.4) is 0 Å². The molecule has 1 heteroatoms. The van der Waals surface area contributed by atoms with Crippen LogP contribution >= 0.6 is 0 Å². The summed E-state index contributed by atoms with van der Waals surface area (Å²) in [6.45, 7) is 6.85. The standard InChI is InChI=1S/C14H19N/c1-4-9-5-13(9)15-14-7-11-10(8(2)3)6-12(11)14/h6-10,14H,4-5H2,1-3H3/b15-13-. The molecule has 3 aliphatic carbocycles. The van der Waals surface area contributed by atoms with E-state index in [0.29, 0.717) is 6.04 Å². The zero-order valence-corrected chi connectivity index (χ0v) is 9.83. The van der Waals surface area contributed by atoms with Crippen LogP contribution in [-0.4, -0.2) is 11.8 Å². The SMILES string of the molecule is CCC1C/C1=N/C1C=C2C1=CC2C(C)C. The molecule has 0 spiro atoms. The van der Waals surface area contributed by atoms with Crippen LogP contribution < -0.4 is 0 Å². The molecule has 3 atom stereocenters. The first-order valence-corrected chi connectivity index (χ1v) is 6.21. The highest BCUT2D eigenvalue weighted by Gasteiger charge is 2.40. The van der Waals surface area contributed by atoms with E-state index < -0.39 is 0 Å². The molecule has 0 aliphatic heterocycles. The van der Waals surface area contributed by atoms with Crippen molar-refractivity contribution in [3.8, 4) is 0 Å². The number of fused-ring (bicyclic) bond motifs is 1. The van der Waals surface area contributed by atoms with Gasteiger partial charge < -0.3 is 0 Å². The van der Waals surface area contributed by atoms with Gasteiger partial charge in [-0.1, -0.05) is 32.9 Å². The number of hydrogen-bond acceptors (Lipinski definition) is 1. The van der Waals surface area contributed by atoms with Crippen LogP contribution in [0.15, 0.2) is 28.3 Å². The van der Waals surface area contributed by atoms with Gasteiger partial charge in [0, 0.05) is 17.5 Å². The first kappa shape index (κ1) is 9.38. The van der Waals surface area contributed by atoms with Crippen molar-refractivity contribution in [2.24, 2.45) is 22.7 Å². The Morgan fingerprint density at radius 1 is 1.33 bits per heavy atom. The number of allylic oxidation sites excluding steroid dienone is 1. The highest BCUT2D eigenvalue weighted by atomic mass is 14.9. The monoisotopic (exact) mass is 201 g/mol. The second kappa shape index (κ2) is 3.07. The zero-order chi connectivity index (χ0) is 10.6. The van der Waals surface area contributed by atoms with E-state index >= 15 is 0 Å². The molecule has 0 radical (unpaired) electrons. The van der Waals surface area contributed by atoms with Crippen molar-refractivity contribution in [2.45, 2.75) is 39.7 Å². The van der Waals surface area contributed by atoms with Crippen LogP contribution in [0.25, 0.3) is 0 Å². The molecule has 80 valence electrons. The average molecular weight is 201 g/mol. The number of hydrogen-bond donors (Lipinski definition) is 0. The van der Waals surface area contributed by atoms with Gasteiger partial charge in [0.15, 0.2) is 0 Å². The fourth-order valence-electron chi connectivity index (χ4n) is 2.68. The minimum absolute atomic E-state index is 0.446. The molecule has 15 heavy (non-hydrogen) atoms.